The molecule has 0 bridgehead atoms. The lowest BCUT2D eigenvalue weighted by Gasteiger charge is -2.28. The third-order valence-electron chi connectivity index (χ3n) is 10.8. The van der Waals surface area contributed by atoms with E-state index in [1.165, 1.54) is 44.7 Å². The molecule has 4 aromatic carbocycles. The third kappa shape index (κ3) is 7.55. The highest BCUT2D eigenvalue weighted by atomic mass is 32.1. The van der Waals surface area contributed by atoms with Gasteiger partial charge in [-0.1, -0.05) is 117 Å². The quantitative estimate of drug-likeness (QED) is 0.115. The Morgan fingerprint density at radius 1 is 0.700 bits per heavy atom. The number of hydrogen-bond acceptors (Lipinski definition) is 11. The zero-order chi connectivity index (χ0) is 42.1. The predicted molar refractivity (Wildman–Crippen MR) is 249 cm³/mol. The fourth-order valence-electron chi connectivity index (χ4n) is 7.87. The van der Waals surface area contributed by atoms with E-state index in [4.69, 9.17) is 30.3 Å². The smallest absolute Gasteiger partial charge is 0.213 e. The molecule has 0 radical (unpaired) electrons. The molecule has 0 aliphatic rings. The van der Waals surface area contributed by atoms with Crippen molar-refractivity contribution in [1.82, 2.24) is 24.7 Å². The van der Waals surface area contributed by atoms with E-state index < -0.39 is 0 Å². The number of anilines is 5. The zero-order valence-electron chi connectivity index (χ0n) is 35.4. The van der Waals surface area contributed by atoms with Crippen LogP contribution in [0, 0.1) is 32.1 Å². The molecule has 0 fully saturated rings. The van der Waals surface area contributed by atoms with E-state index in [9.17, 15) is 5.26 Å². The Morgan fingerprint density at radius 2 is 1.28 bits per heavy atom. The number of aryl methyl sites for hydroxylation is 8. The van der Waals surface area contributed by atoms with Gasteiger partial charge in [0.15, 0.2) is 16.8 Å². The molecule has 4 heterocycles. The number of rotatable bonds is 13. The first-order valence-electron chi connectivity index (χ1n) is 20.7. The van der Waals surface area contributed by atoms with E-state index in [0.717, 1.165) is 74.0 Å². The van der Waals surface area contributed by atoms with Crippen LogP contribution in [-0.4, -0.2) is 24.7 Å². The van der Waals surface area contributed by atoms with Crippen LogP contribution in [0.4, 0.5) is 39.6 Å². The molecule has 60 heavy (non-hydrogen) atoms. The topological polar surface area (TPSA) is 120 Å². The van der Waals surface area contributed by atoms with Crippen LogP contribution in [0.25, 0.3) is 25.6 Å². The second kappa shape index (κ2) is 17.1. The van der Waals surface area contributed by atoms with E-state index >= 15 is 0 Å². The maximum atomic E-state index is 10.5. The Bertz CT molecular complexity index is 2850. The molecule has 302 valence electrons. The van der Waals surface area contributed by atoms with Gasteiger partial charge in [0, 0.05) is 5.69 Å². The first kappa shape index (κ1) is 40.5. The van der Waals surface area contributed by atoms with E-state index in [2.05, 4.69) is 106 Å². The molecular formula is C48H48N10S2. The normalized spacial score (nSPS) is 11.6. The number of para-hydroxylation sites is 2. The average Bonchev–Trinajstić information content (AvgIpc) is 3.99. The van der Waals surface area contributed by atoms with Crippen molar-refractivity contribution in [2.45, 2.75) is 87.5 Å². The van der Waals surface area contributed by atoms with Crippen molar-refractivity contribution in [2.75, 3.05) is 10.2 Å². The average molecular weight is 829 g/mol. The number of benzene rings is 4. The van der Waals surface area contributed by atoms with E-state index in [1.54, 1.807) is 16.0 Å². The summed E-state index contributed by atoms with van der Waals surface area (Å²) in [5, 5.41) is 30.5. The number of azo groups is 1. The molecule has 0 saturated heterocycles. The molecule has 10 nitrogen and oxygen atoms in total. The van der Waals surface area contributed by atoms with Crippen LogP contribution in [0.2, 0.25) is 0 Å². The minimum Gasteiger partial charge on any atom is -0.338 e. The van der Waals surface area contributed by atoms with Crippen molar-refractivity contribution in [3.05, 3.63) is 129 Å². The molecule has 8 rings (SSSR count). The maximum Gasteiger partial charge on any atom is 0.213 e. The summed E-state index contributed by atoms with van der Waals surface area (Å²) in [6.45, 7) is 17.1. The monoisotopic (exact) mass is 828 g/mol. The van der Waals surface area contributed by atoms with Crippen molar-refractivity contribution in [3.8, 4) is 11.2 Å². The summed E-state index contributed by atoms with van der Waals surface area (Å²) in [6.07, 6.45) is 3.90. The molecule has 0 aliphatic heterocycles. The van der Waals surface area contributed by atoms with Gasteiger partial charge in [-0.05, 0) is 111 Å². The summed E-state index contributed by atoms with van der Waals surface area (Å²) in [5.74, 6) is 1.60. The lowest BCUT2D eigenvalue weighted by atomic mass is 9.98. The van der Waals surface area contributed by atoms with Gasteiger partial charge in [0.1, 0.15) is 23.1 Å². The Morgan fingerprint density at radius 3 is 1.85 bits per heavy atom. The van der Waals surface area contributed by atoms with Crippen LogP contribution in [0.1, 0.15) is 84.8 Å². The van der Waals surface area contributed by atoms with Gasteiger partial charge in [0.2, 0.25) is 5.13 Å². The van der Waals surface area contributed by atoms with Gasteiger partial charge in [-0.2, -0.15) is 15.0 Å². The molecule has 0 unspecified atom stereocenters. The van der Waals surface area contributed by atoms with Crippen molar-refractivity contribution >= 4 is 82.8 Å². The van der Waals surface area contributed by atoms with E-state index in [1.807, 2.05) is 44.2 Å². The summed E-state index contributed by atoms with van der Waals surface area (Å²) in [6, 6.07) is 29.7. The van der Waals surface area contributed by atoms with Crippen molar-refractivity contribution < 1.29 is 0 Å². The number of nitriles is 1. The van der Waals surface area contributed by atoms with Crippen molar-refractivity contribution in [3.63, 3.8) is 0 Å². The van der Waals surface area contributed by atoms with Crippen LogP contribution < -0.4 is 10.2 Å². The number of hydrogen-bond donors (Lipinski definition) is 1. The molecule has 0 aliphatic carbocycles. The Labute approximate surface area is 359 Å². The van der Waals surface area contributed by atoms with Gasteiger partial charge in [0.05, 0.1) is 31.8 Å². The second-order valence-electron chi connectivity index (χ2n) is 14.9. The van der Waals surface area contributed by atoms with Gasteiger partial charge in [-0.15, -0.1) is 10.2 Å². The lowest BCUT2D eigenvalue weighted by molar-refractivity contribution is 0.830. The number of nitrogens with zero attached hydrogens (tertiary/aromatic N) is 9. The summed E-state index contributed by atoms with van der Waals surface area (Å²) >= 11 is 3.15. The van der Waals surface area contributed by atoms with Crippen LogP contribution in [0.15, 0.2) is 89.1 Å². The lowest BCUT2D eigenvalue weighted by Crippen LogP contribution is -2.17. The number of thiazole rings is 2. The summed E-state index contributed by atoms with van der Waals surface area (Å²) in [7, 11) is 0. The van der Waals surface area contributed by atoms with Gasteiger partial charge >= 0.3 is 0 Å². The van der Waals surface area contributed by atoms with Crippen LogP contribution in [-0.2, 0) is 32.1 Å². The van der Waals surface area contributed by atoms with Gasteiger partial charge in [0.25, 0.3) is 0 Å². The van der Waals surface area contributed by atoms with Crippen LogP contribution >= 0.6 is 22.7 Å². The summed E-state index contributed by atoms with van der Waals surface area (Å²) < 4.78 is 3.78. The standard InChI is InChI=1S/C48H48N10S2/c1-9-31-22-28(6)23-32(10-2)43(31)53-45-42(54-55-46-35(27-49)36(13-5)56-58(46)48-51-38-19-15-17-21-40(38)60-48)30(8)26-41(52-45)57(47-50-37-18-14-16-20-39(37)59-47)44-33(11-3)24-29(7)25-34(44)12-4/h14-26H,9-13H2,1-8H3,(H,52,53). The van der Waals surface area contributed by atoms with Crippen LogP contribution in [0.3, 0.4) is 0 Å². The van der Waals surface area contributed by atoms with Crippen LogP contribution in [0.5, 0.6) is 0 Å². The molecule has 4 aromatic heterocycles. The number of fused-ring (bicyclic) bond motifs is 2. The predicted octanol–water partition coefficient (Wildman–Crippen LogP) is 13.7. The molecule has 12 heteroatoms. The summed E-state index contributed by atoms with van der Waals surface area (Å²) in [5.41, 5.74) is 13.6. The molecule has 0 spiro atoms. The Hall–Kier alpha value is -6.29. The number of nitrogens with one attached hydrogen (secondary N) is 1. The second-order valence-corrected chi connectivity index (χ2v) is 16.9. The fraction of sp³-hybridized carbons (Fsp3) is 0.271. The van der Waals surface area contributed by atoms with Crippen molar-refractivity contribution in [2.24, 2.45) is 10.2 Å². The minimum atomic E-state index is 0.331. The highest BCUT2D eigenvalue weighted by Gasteiger charge is 2.27. The molecule has 0 saturated carbocycles. The maximum absolute atomic E-state index is 10.5. The van der Waals surface area contributed by atoms with Gasteiger partial charge < -0.3 is 5.32 Å². The molecule has 8 aromatic rings. The third-order valence-corrected chi connectivity index (χ3v) is 12.8. The van der Waals surface area contributed by atoms with E-state index in [0.29, 0.717) is 40.1 Å². The molecule has 1 N–H and O–H groups in total. The number of aromatic nitrogens is 5. The molecule has 0 amide bonds. The first-order chi connectivity index (χ1) is 29.2. The Balaban J connectivity index is 1.38. The van der Waals surface area contributed by atoms with Gasteiger partial charge in [-0.25, -0.2) is 15.0 Å². The zero-order valence-corrected chi connectivity index (χ0v) is 37.0. The van der Waals surface area contributed by atoms with Gasteiger partial charge in [-0.3, -0.25) is 4.90 Å². The Kier molecular flexibility index (Phi) is 11.6. The molecule has 0 atom stereocenters. The number of pyridine rings is 1. The minimum absolute atomic E-state index is 0.331. The SMILES string of the molecule is CCc1cc(C)cc(CC)c1Nc1nc(N(c2nc3ccccc3s2)c2c(CC)cc(C)cc2CC)cc(C)c1N=Nc1c(C#N)c(CC)nn1-c1nc2ccccc2s1. The molecular weight excluding hydrogens is 781 g/mol. The fourth-order valence-corrected chi connectivity index (χ4v) is 9.77. The highest BCUT2D eigenvalue weighted by Crippen LogP contribution is 2.46. The first-order valence-corrected chi connectivity index (χ1v) is 22.3. The highest BCUT2D eigenvalue weighted by molar-refractivity contribution is 7.22. The largest absolute Gasteiger partial charge is 0.338 e. The summed E-state index contributed by atoms with van der Waals surface area (Å²) in [4.78, 5) is 17.8. The van der Waals surface area contributed by atoms with Crippen molar-refractivity contribution in [1.29, 1.82) is 5.26 Å². The van der Waals surface area contributed by atoms with E-state index in [-0.39, 0.29) is 0 Å².